The van der Waals surface area contributed by atoms with E-state index in [0.717, 1.165) is 16.9 Å². The number of unbranched alkanes of at least 4 members (excludes halogenated alkanes) is 2. The second kappa shape index (κ2) is 32.5. The molecule has 0 spiro atoms. The number of imide groups is 1. The van der Waals surface area contributed by atoms with Crippen LogP contribution in [0.1, 0.15) is 144 Å². The number of fused-ring (bicyclic) bond motifs is 2. The minimum Gasteiger partial charge on any atom is -0.507 e. The largest absolute Gasteiger partial charge is 0.507 e. The fourth-order valence-electron chi connectivity index (χ4n) is 14.0. The van der Waals surface area contributed by atoms with E-state index in [-0.39, 0.29) is 146 Å². The summed E-state index contributed by atoms with van der Waals surface area (Å²) in [4.78, 5) is 141. The van der Waals surface area contributed by atoms with Crippen LogP contribution in [-0.4, -0.2) is 131 Å². The number of amides is 8. The number of nitrogens with one attached hydrogen (secondary N) is 5. The number of anilines is 3. The van der Waals surface area contributed by atoms with Gasteiger partial charge >= 0.3 is 17.8 Å². The standard InChI is InChI=1S/C75H93N9O17/c1-39(2)61(80-55(87)20-13-12-14-31-84-56(88)25-26-57(84)89)73(95)79-51(19-16-30-77-74(76)96)72(94)78-49-23-21-47(22-24-49)48-27-32-83(33-28-48)50-37-52(86)62-54(38-50)100-69-63(81-62)58-59-65(90)45(8)68-60(58)70(92)75(10,101-68)98-34-29-53(97-11)44(7)67(99-46(9)85)43(6)36-41(4)35-40(3)17-15-18-42(5)71(93)82-64(69)66(59)91/h15,17-18,21-26,29,34,37-41,43-44,48,51,53,61,67,90,92H,12-14,16,19-20,27-28,30-33,35-36H2,1-11H3,(H,78,94)(H,79,95)(H,80,87)(H,82,93)(H3,76,77,96)/b17-15+,34-29+,42-18-/t40-,41+,43+,44+,51-,53-,61-,67-,75-/m0/s1. The summed E-state index contributed by atoms with van der Waals surface area (Å²) < 4.78 is 31.1. The summed E-state index contributed by atoms with van der Waals surface area (Å²) in [6.45, 7) is 18.9. The number of nitrogens with two attached hydrogens (primary N) is 1. The number of primary amides is 1. The average molecular weight is 1390 g/mol. The van der Waals surface area contributed by atoms with E-state index in [0.29, 0.717) is 63.0 Å². The van der Waals surface area contributed by atoms with Crippen molar-refractivity contribution in [2.75, 3.05) is 48.8 Å². The van der Waals surface area contributed by atoms with Gasteiger partial charge in [0.25, 0.3) is 17.7 Å². The molecule has 9 N–H and O–H groups in total. The first-order chi connectivity index (χ1) is 48.0. The zero-order chi connectivity index (χ0) is 73.3. The number of ether oxygens (including phenoxy) is 4. The molecule has 4 aromatic carbocycles. The Kier molecular flexibility index (Phi) is 24.1. The van der Waals surface area contributed by atoms with Crippen LogP contribution in [0.5, 0.6) is 11.5 Å². The quantitative estimate of drug-likeness (QED) is 0.0119. The summed E-state index contributed by atoms with van der Waals surface area (Å²) in [6, 6.07) is 7.61. The van der Waals surface area contributed by atoms with Crippen molar-refractivity contribution in [2.24, 2.45) is 35.3 Å². The maximum Gasteiger partial charge on any atom is 0.312 e. The number of allylic oxidation sites excluding steroid dienone is 3. The Hall–Kier alpha value is -10.1. The molecule has 5 aromatic rings. The highest BCUT2D eigenvalue weighted by molar-refractivity contribution is 6.17. The number of hydrogen-bond donors (Lipinski definition) is 8. The zero-order valence-corrected chi connectivity index (χ0v) is 59.1. The molecule has 4 aliphatic heterocycles. The minimum atomic E-state index is -1.98. The minimum absolute atomic E-state index is 0.0226. The van der Waals surface area contributed by atoms with Gasteiger partial charge in [0.2, 0.25) is 28.6 Å². The van der Waals surface area contributed by atoms with Crippen LogP contribution in [0.4, 0.5) is 21.9 Å². The van der Waals surface area contributed by atoms with Gasteiger partial charge in [-0.25, -0.2) is 9.78 Å². The van der Waals surface area contributed by atoms with Gasteiger partial charge in [-0.2, -0.15) is 0 Å². The molecule has 0 aliphatic carbocycles. The second-order valence-corrected chi connectivity index (χ2v) is 27.6. The normalized spacial score (nSPS) is 23.3. The van der Waals surface area contributed by atoms with E-state index in [1.807, 2.05) is 37.0 Å². The van der Waals surface area contributed by atoms with Crippen LogP contribution in [0.2, 0.25) is 0 Å². The molecule has 1 saturated heterocycles. The second-order valence-electron chi connectivity index (χ2n) is 27.6. The average Bonchev–Trinajstić information content (AvgIpc) is 1.66. The number of aromatic nitrogens is 1. The Bertz CT molecular complexity index is 4330. The number of methoxy groups -OCH3 is 1. The van der Waals surface area contributed by atoms with E-state index < -0.39 is 82.2 Å². The molecule has 8 amide bonds. The number of aliphatic hydroxyl groups excluding tert-OH is 1. The van der Waals surface area contributed by atoms with Crippen molar-refractivity contribution in [3.8, 4) is 11.5 Å². The summed E-state index contributed by atoms with van der Waals surface area (Å²) in [6.07, 6.45) is 14.3. The van der Waals surface area contributed by atoms with Crippen LogP contribution in [-0.2, 0) is 47.8 Å². The molecule has 1 fully saturated rings. The molecule has 540 valence electrons. The molecule has 4 bridgehead atoms. The number of aromatic hydroxyl groups is 1. The lowest BCUT2D eigenvalue weighted by Crippen LogP contribution is -2.54. The van der Waals surface area contributed by atoms with Gasteiger partial charge in [-0.15, -0.1) is 0 Å². The molecule has 26 nitrogen and oxygen atoms in total. The molecular weight excluding hydrogens is 1300 g/mol. The third-order valence-electron chi connectivity index (χ3n) is 19.4. The first-order valence-electron chi connectivity index (χ1n) is 34.6. The fraction of sp³-hybridized carbons (Fsp3) is 0.480. The van der Waals surface area contributed by atoms with E-state index >= 15 is 4.79 Å². The number of aliphatic hydroxyl groups is 1. The van der Waals surface area contributed by atoms with Gasteiger partial charge in [0.15, 0.2) is 22.4 Å². The number of rotatable bonds is 20. The predicted molar refractivity (Wildman–Crippen MR) is 381 cm³/mol. The van der Waals surface area contributed by atoms with Crippen molar-refractivity contribution in [1.82, 2.24) is 25.8 Å². The van der Waals surface area contributed by atoms with Crippen molar-refractivity contribution < 1.29 is 71.9 Å². The van der Waals surface area contributed by atoms with E-state index in [1.165, 1.54) is 52.4 Å². The smallest absolute Gasteiger partial charge is 0.312 e. The van der Waals surface area contributed by atoms with Gasteiger partial charge in [-0.1, -0.05) is 78.3 Å². The molecule has 0 saturated carbocycles. The molecule has 9 rings (SSSR count). The number of urea groups is 1. The van der Waals surface area contributed by atoms with Crippen LogP contribution in [0, 0.1) is 36.5 Å². The topological polar surface area (TPSA) is 367 Å². The molecule has 101 heavy (non-hydrogen) atoms. The first-order valence-corrected chi connectivity index (χ1v) is 34.6. The van der Waals surface area contributed by atoms with Gasteiger partial charge in [-0.3, -0.25) is 48.1 Å². The molecular formula is C75H93N9O17. The SMILES string of the molecule is CO[C@H]1/C=C/O[C@@]2(C)Oc3c(C)c(O)c4c(=O)c(c5oc6cc(N7CCC(c8ccc(NC(=O)[C@H](CCCNC(N)=O)NC(=O)[C@@H](NC(=O)CCCCCN9C(=O)C=CC9=O)C(C)C)cc8)CC7)cc(=O)c6nc5c4c3=C2O)NC(=O)/C(C)=C\C=C\[C@H](C)C[C@@H](C)C[C@@H](C)[C@H](OC(C)=O)[C@@H]1C. The summed E-state index contributed by atoms with van der Waals surface area (Å²) in [5.74, 6) is -6.96. The molecule has 0 unspecified atom stereocenters. The molecule has 26 heteroatoms. The monoisotopic (exact) mass is 1390 g/mol. The number of piperidine rings is 1. The van der Waals surface area contributed by atoms with Gasteiger partial charge in [-0.05, 0) is 119 Å². The number of carbonyl (C=O) groups is 8. The Morgan fingerprint density at radius 2 is 1.57 bits per heavy atom. The summed E-state index contributed by atoms with van der Waals surface area (Å²) >= 11 is 0. The van der Waals surface area contributed by atoms with Gasteiger partial charge < -0.3 is 70.8 Å². The Balaban J connectivity index is 0.954. The zero-order valence-electron chi connectivity index (χ0n) is 59.1. The van der Waals surface area contributed by atoms with Gasteiger partial charge in [0, 0.05) is 112 Å². The molecule has 5 heterocycles. The number of carbonyl (C=O) groups excluding carboxylic acids is 8. The first kappa shape index (κ1) is 75.1. The number of nitrogens with zero attached hydrogens (tertiary/aromatic N) is 3. The van der Waals surface area contributed by atoms with Crippen molar-refractivity contribution in [2.45, 2.75) is 169 Å². The van der Waals surface area contributed by atoms with E-state index in [4.69, 9.17) is 34.1 Å². The maximum atomic E-state index is 15.2. The Morgan fingerprint density at radius 1 is 0.871 bits per heavy atom. The van der Waals surface area contributed by atoms with Crippen LogP contribution in [0.3, 0.4) is 0 Å². The van der Waals surface area contributed by atoms with E-state index in [1.54, 1.807) is 57.2 Å². The highest BCUT2D eigenvalue weighted by Crippen LogP contribution is 2.43. The molecule has 9 atom stereocenters. The predicted octanol–water partition coefficient (Wildman–Crippen LogP) is 8.50. The number of benzene rings is 4. The third kappa shape index (κ3) is 17.4. The van der Waals surface area contributed by atoms with Gasteiger partial charge in [0.05, 0.1) is 23.0 Å². The van der Waals surface area contributed by atoms with Crippen LogP contribution in [0.15, 0.2) is 98.7 Å². The lowest BCUT2D eigenvalue weighted by molar-refractivity contribution is -0.155. The van der Waals surface area contributed by atoms with Crippen molar-refractivity contribution in [3.63, 3.8) is 0 Å². The van der Waals surface area contributed by atoms with E-state index in [2.05, 4.69) is 40.4 Å². The molecule has 0 radical (unpaired) electrons. The maximum absolute atomic E-state index is 15.2. The Labute approximate surface area is 585 Å². The van der Waals surface area contributed by atoms with Gasteiger partial charge in [0.1, 0.15) is 40.9 Å². The van der Waals surface area contributed by atoms with Crippen LogP contribution in [0.25, 0.3) is 38.7 Å². The fourth-order valence-corrected chi connectivity index (χ4v) is 14.0. The summed E-state index contributed by atoms with van der Waals surface area (Å²) in [5, 5.41) is 37.6. The highest BCUT2D eigenvalue weighted by atomic mass is 16.7. The Morgan fingerprint density at radius 3 is 2.24 bits per heavy atom. The van der Waals surface area contributed by atoms with Crippen molar-refractivity contribution in [1.29, 1.82) is 0 Å². The molecule has 4 aliphatic rings. The molecule has 1 aromatic heterocycles. The van der Waals surface area contributed by atoms with Crippen LogP contribution >= 0.6 is 0 Å². The number of hydrogen-bond acceptors (Lipinski definition) is 19. The number of esters is 1. The lowest BCUT2D eigenvalue weighted by Gasteiger charge is -2.34. The number of phenolic OH excluding ortho intramolecular Hbond substituents is 1. The van der Waals surface area contributed by atoms with E-state index in [9.17, 15) is 53.4 Å². The highest BCUT2D eigenvalue weighted by Gasteiger charge is 2.44. The summed E-state index contributed by atoms with van der Waals surface area (Å²) in [5.41, 5.74) is 5.08. The summed E-state index contributed by atoms with van der Waals surface area (Å²) in [7, 11) is 1.52. The van der Waals surface area contributed by atoms with Crippen molar-refractivity contribution >= 4 is 103 Å². The lowest BCUT2D eigenvalue weighted by atomic mass is 9.82. The van der Waals surface area contributed by atoms with Crippen LogP contribution < -0.4 is 58.0 Å². The van der Waals surface area contributed by atoms with Crippen molar-refractivity contribution in [3.05, 3.63) is 121 Å². The number of phenols is 1. The third-order valence-corrected chi connectivity index (χ3v) is 19.4.